The Hall–Kier alpha value is -0.710. The second-order valence-electron chi connectivity index (χ2n) is 7.50. The first-order chi connectivity index (χ1) is 12.7. The summed E-state index contributed by atoms with van der Waals surface area (Å²) < 4.78 is 21.0. The number of ether oxygens (including phenoxy) is 1. The normalized spacial score (nSPS) is 17.9. The SMILES string of the molecule is CC(N)(CCc1ccc(C#CCOCC2CCCCC2)s1)COP(=O)(O)O. The average molecular weight is 415 g/mol. The molecule has 152 valence electrons. The average Bonchev–Trinajstić information content (AvgIpc) is 3.07. The Balaban J connectivity index is 1.69. The van der Waals surface area contributed by atoms with Crippen LogP contribution in [0.1, 0.15) is 55.2 Å². The van der Waals surface area contributed by atoms with Gasteiger partial charge in [-0.2, -0.15) is 0 Å². The van der Waals surface area contributed by atoms with Gasteiger partial charge in [-0.05, 0) is 50.7 Å². The number of hydrogen-bond donors (Lipinski definition) is 3. The number of rotatable bonds is 9. The zero-order valence-corrected chi connectivity index (χ0v) is 17.6. The monoisotopic (exact) mass is 415 g/mol. The van der Waals surface area contributed by atoms with Gasteiger partial charge in [0.05, 0.1) is 18.1 Å². The number of phosphoric acid groups is 1. The van der Waals surface area contributed by atoms with E-state index in [1.807, 2.05) is 12.1 Å². The first-order valence-corrected chi connectivity index (χ1v) is 11.7. The Morgan fingerprint density at radius 2 is 2.07 bits per heavy atom. The summed E-state index contributed by atoms with van der Waals surface area (Å²) in [5, 5.41) is 0. The molecule has 1 aromatic rings. The summed E-state index contributed by atoms with van der Waals surface area (Å²) in [7, 11) is -4.49. The summed E-state index contributed by atoms with van der Waals surface area (Å²) in [6.45, 7) is 2.81. The van der Waals surface area contributed by atoms with Crippen LogP contribution in [0.3, 0.4) is 0 Å². The van der Waals surface area contributed by atoms with Gasteiger partial charge in [-0.25, -0.2) is 4.57 Å². The molecule has 4 N–H and O–H groups in total. The van der Waals surface area contributed by atoms with Gasteiger partial charge in [0.1, 0.15) is 6.61 Å². The molecule has 0 aromatic carbocycles. The molecule has 0 spiro atoms. The van der Waals surface area contributed by atoms with Gasteiger partial charge in [0.15, 0.2) is 0 Å². The molecule has 6 nitrogen and oxygen atoms in total. The summed E-state index contributed by atoms with van der Waals surface area (Å²) in [4.78, 5) is 19.7. The standard InChI is InChI=1S/C19H30NO5PS/c1-19(20,15-25-26(21,22)23)12-11-18-10-9-17(27-18)8-5-13-24-14-16-6-3-2-4-7-16/h9-10,16H,2-4,6-7,11-15,20H2,1H3,(H2,21,22,23). The van der Waals surface area contributed by atoms with E-state index in [0.29, 0.717) is 25.4 Å². The topological polar surface area (TPSA) is 102 Å². The third-order valence-electron chi connectivity index (χ3n) is 4.63. The van der Waals surface area contributed by atoms with E-state index in [9.17, 15) is 4.57 Å². The molecule has 1 aliphatic rings. The second kappa shape index (κ2) is 10.7. The third kappa shape index (κ3) is 9.87. The minimum absolute atomic E-state index is 0.187. The Bertz CT molecular complexity index is 682. The highest BCUT2D eigenvalue weighted by molar-refractivity contribution is 7.46. The molecule has 1 aromatic heterocycles. The van der Waals surface area contributed by atoms with Crippen LogP contribution >= 0.6 is 19.2 Å². The molecule has 27 heavy (non-hydrogen) atoms. The molecule has 0 saturated heterocycles. The van der Waals surface area contributed by atoms with Crippen LogP contribution in [-0.2, 0) is 20.2 Å². The summed E-state index contributed by atoms with van der Waals surface area (Å²) in [5.41, 5.74) is 5.24. The summed E-state index contributed by atoms with van der Waals surface area (Å²) in [6.07, 6.45) is 7.84. The first kappa shape index (κ1) is 22.6. The number of thiophene rings is 1. The lowest BCUT2D eigenvalue weighted by Gasteiger charge is -2.24. The highest BCUT2D eigenvalue weighted by Crippen LogP contribution is 2.37. The van der Waals surface area contributed by atoms with Gasteiger partial charge < -0.3 is 20.3 Å². The lowest BCUT2D eigenvalue weighted by molar-refractivity contribution is 0.109. The van der Waals surface area contributed by atoms with Gasteiger partial charge >= 0.3 is 7.82 Å². The van der Waals surface area contributed by atoms with E-state index < -0.39 is 13.4 Å². The highest BCUT2D eigenvalue weighted by atomic mass is 32.1. The maximum Gasteiger partial charge on any atom is 0.469 e. The molecule has 2 rings (SSSR count). The predicted molar refractivity (Wildman–Crippen MR) is 108 cm³/mol. The van der Waals surface area contributed by atoms with E-state index in [1.54, 1.807) is 18.3 Å². The highest BCUT2D eigenvalue weighted by Gasteiger charge is 2.24. The third-order valence-corrected chi connectivity index (χ3v) is 6.16. The fourth-order valence-electron chi connectivity index (χ4n) is 3.05. The lowest BCUT2D eigenvalue weighted by atomic mass is 9.90. The van der Waals surface area contributed by atoms with Crippen molar-refractivity contribution in [3.05, 3.63) is 21.9 Å². The molecule has 0 aliphatic heterocycles. The van der Waals surface area contributed by atoms with E-state index in [4.69, 9.17) is 20.3 Å². The Labute approximate surface area is 165 Å². The summed E-state index contributed by atoms with van der Waals surface area (Å²) >= 11 is 1.60. The van der Waals surface area contributed by atoms with E-state index in [-0.39, 0.29) is 6.61 Å². The van der Waals surface area contributed by atoms with Crippen molar-refractivity contribution in [2.75, 3.05) is 19.8 Å². The van der Waals surface area contributed by atoms with Crippen LogP contribution in [0.2, 0.25) is 0 Å². The molecule has 8 heteroatoms. The zero-order chi connectivity index (χ0) is 19.8. The smallest absolute Gasteiger partial charge is 0.368 e. The number of hydrogen-bond acceptors (Lipinski definition) is 5. The van der Waals surface area contributed by atoms with Crippen molar-refractivity contribution < 1.29 is 23.6 Å². The number of aryl methyl sites for hydroxylation is 1. The molecule has 1 unspecified atom stereocenters. The van der Waals surface area contributed by atoms with Gasteiger partial charge in [0.25, 0.3) is 0 Å². The van der Waals surface area contributed by atoms with Crippen molar-refractivity contribution in [1.82, 2.24) is 0 Å². The van der Waals surface area contributed by atoms with Crippen molar-refractivity contribution >= 4 is 19.2 Å². The van der Waals surface area contributed by atoms with Crippen molar-refractivity contribution in [2.24, 2.45) is 11.7 Å². The Kier molecular flexibility index (Phi) is 8.97. The minimum atomic E-state index is -4.49. The van der Waals surface area contributed by atoms with E-state index in [2.05, 4.69) is 16.4 Å². The molecule has 0 radical (unpaired) electrons. The van der Waals surface area contributed by atoms with Crippen LogP contribution in [-0.4, -0.2) is 35.1 Å². The number of nitrogens with two attached hydrogens (primary N) is 1. The van der Waals surface area contributed by atoms with Crippen molar-refractivity contribution in [3.63, 3.8) is 0 Å². The van der Waals surface area contributed by atoms with Crippen LogP contribution in [0, 0.1) is 17.8 Å². The minimum Gasteiger partial charge on any atom is -0.368 e. The Morgan fingerprint density at radius 3 is 2.78 bits per heavy atom. The molecule has 0 amide bonds. The molecule has 1 saturated carbocycles. The van der Waals surface area contributed by atoms with Crippen LogP contribution < -0.4 is 5.73 Å². The van der Waals surface area contributed by atoms with Gasteiger partial charge in [-0.3, -0.25) is 4.52 Å². The molecule has 1 fully saturated rings. The molecule has 1 atom stereocenters. The van der Waals surface area contributed by atoms with Gasteiger partial charge in [-0.15, -0.1) is 11.3 Å². The van der Waals surface area contributed by atoms with Gasteiger partial charge in [-0.1, -0.05) is 31.1 Å². The van der Waals surface area contributed by atoms with Crippen molar-refractivity contribution in [3.8, 4) is 11.8 Å². The van der Waals surface area contributed by atoms with Crippen molar-refractivity contribution in [2.45, 2.75) is 57.4 Å². The first-order valence-electron chi connectivity index (χ1n) is 9.38. The fraction of sp³-hybridized carbons (Fsp3) is 0.684. The van der Waals surface area contributed by atoms with Crippen molar-refractivity contribution in [1.29, 1.82) is 0 Å². The molecular weight excluding hydrogens is 385 g/mol. The fourth-order valence-corrected chi connectivity index (χ4v) is 4.39. The summed E-state index contributed by atoms with van der Waals surface area (Å²) in [5.74, 6) is 6.90. The molecule has 1 aliphatic carbocycles. The van der Waals surface area contributed by atoms with Crippen LogP contribution in [0.4, 0.5) is 0 Å². The lowest BCUT2D eigenvalue weighted by Crippen LogP contribution is -2.41. The number of phosphoric ester groups is 1. The summed E-state index contributed by atoms with van der Waals surface area (Å²) in [6, 6.07) is 3.99. The zero-order valence-electron chi connectivity index (χ0n) is 15.9. The second-order valence-corrected chi connectivity index (χ2v) is 9.91. The largest absolute Gasteiger partial charge is 0.469 e. The van der Waals surface area contributed by atoms with Crippen LogP contribution in [0.15, 0.2) is 12.1 Å². The maximum atomic E-state index is 10.8. The molecule has 1 heterocycles. The quantitative estimate of drug-likeness (QED) is 0.324. The van der Waals surface area contributed by atoms with Crippen LogP contribution in [0.25, 0.3) is 0 Å². The molecule has 0 bridgehead atoms. The maximum absolute atomic E-state index is 10.8. The van der Waals surface area contributed by atoms with E-state index in [1.165, 1.54) is 32.1 Å². The van der Waals surface area contributed by atoms with E-state index >= 15 is 0 Å². The van der Waals surface area contributed by atoms with Gasteiger partial charge in [0, 0.05) is 10.4 Å². The van der Waals surface area contributed by atoms with Gasteiger partial charge in [0.2, 0.25) is 0 Å². The predicted octanol–water partition coefficient (Wildman–Crippen LogP) is 3.46. The Morgan fingerprint density at radius 1 is 1.33 bits per heavy atom. The van der Waals surface area contributed by atoms with Crippen LogP contribution in [0.5, 0.6) is 0 Å². The molecular formula is C19H30NO5PS. The van der Waals surface area contributed by atoms with E-state index in [0.717, 1.165) is 16.4 Å².